The summed E-state index contributed by atoms with van der Waals surface area (Å²) < 4.78 is 39.9. The van der Waals surface area contributed by atoms with Crippen molar-refractivity contribution in [2.75, 3.05) is 10.6 Å². The fourth-order valence-electron chi connectivity index (χ4n) is 2.37. The second-order valence-electron chi connectivity index (χ2n) is 5.76. The van der Waals surface area contributed by atoms with Gasteiger partial charge < -0.3 is 10.6 Å². The minimum absolute atomic E-state index is 0.0590. The summed E-state index contributed by atoms with van der Waals surface area (Å²) in [6, 6.07) is 13.8. The van der Waals surface area contributed by atoms with E-state index in [1.807, 2.05) is 31.2 Å². The first kappa shape index (κ1) is 19.0. The van der Waals surface area contributed by atoms with E-state index in [9.17, 15) is 13.2 Å². The number of rotatable bonds is 5. The van der Waals surface area contributed by atoms with Crippen LogP contribution < -0.4 is 10.6 Å². The second kappa shape index (κ2) is 7.84. The third kappa shape index (κ3) is 4.89. The highest BCUT2D eigenvalue weighted by atomic mass is 35.5. The van der Waals surface area contributed by atoms with Crippen LogP contribution >= 0.6 is 11.6 Å². The largest absolute Gasteiger partial charge is 0.421 e. The van der Waals surface area contributed by atoms with Gasteiger partial charge in [-0.25, -0.2) is 4.98 Å². The van der Waals surface area contributed by atoms with Gasteiger partial charge in [0.1, 0.15) is 11.4 Å². The van der Waals surface area contributed by atoms with Crippen molar-refractivity contribution in [3.8, 4) is 0 Å². The monoisotopic (exact) mass is 392 g/mol. The van der Waals surface area contributed by atoms with Crippen LogP contribution in [0.2, 0.25) is 5.02 Å². The Morgan fingerprint density at radius 1 is 0.926 bits per heavy atom. The van der Waals surface area contributed by atoms with E-state index in [-0.39, 0.29) is 11.8 Å². The molecule has 1 heterocycles. The predicted molar refractivity (Wildman–Crippen MR) is 101 cm³/mol. The zero-order valence-corrected chi connectivity index (χ0v) is 15.1. The summed E-state index contributed by atoms with van der Waals surface area (Å²) in [6.45, 7) is 2.04. The Hall–Kier alpha value is -2.80. The summed E-state index contributed by atoms with van der Waals surface area (Å²) >= 11 is 5.81. The van der Waals surface area contributed by atoms with E-state index in [0.717, 1.165) is 18.2 Å². The molecule has 0 amide bonds. The molecule has 0 radical (unpaired) electrons. The van der Waals surface area contributed by atoms with Gasteiger partial charge in [-0.2, -0.15) is 18.2 Å². The first-order valence-corrected chi connectivity index (χ1v) is 8.55. The van der Waals surface area contributed by atoms with Crippen molar-refractivity contribution in [3.05, 3.63) is 70.9 Å². The molecule has 140 valence electrons. The van der Waals surface area contributed by atoms with Gasteiger partial charge in [-0.15, -0.1) is 0 Å². The molecule has 0 fully saturated rings. The van der Waals surface area contributed by atoms with Crippen molar-refractivity contribution in [2.24, 2.45) is 0 Å². The van der Waals surface area contributed by atoms with Gasteiger partial charge in [-0.05, 0) is 48.4 Å². The Bertz CT molecular complexity index is 910. The molecule has 0 bridgehead atoms. The van der Waals surface area contributed by atoms with Gasteiger partial charge in [0.2, 0.25) is 5.95 Å². The third-order valence-corrected chi connectivity index (χ3v) is 4.07. The topological polar surface area (TPSA) is 49.8 Å². The van der Waals surface area contributed by atoms with Crippen LogP contribution in [0.15, 0.2) is 54.7 Å². The third-order valence-electron chi connectivity index (χ3n) is 3.82. The van der Waals surface area contributed by atoms with Crippen LogP contribution in [-0.2, 0) is 12.6 Å². The smallest absolute Gasteiger partial charge is 0.340 e. The number of aromatic nitrogens is 2. The number of nitrogens with one attached hydrogen (secondary N) is 2. The van der Waals surface area contributed by atoms with Crippen molar-refractivity contribution in [3.63, 3.8) is 0 Å². The van der Waals surface area contributed by atoms with Gasteiger partial charge in [-0.1, -0.05) is 30.7 Å². The van der Waals surface area contributed by atoms with Crippen LogP contribution in [0.25, 0.3) is 0 Å². The highest BCUT2D eigenvalue weighted by molar-refractivity contribution is 6.30. The molecule has 3 rings (SSSR count). The van der Waals surface area contributed by atoms with E-state index in [2.05, 4.69) is 20.6 Å². The average Bonchev–Trinajstić information content (AvgIpc) is 2.63. The SMILES string of the molecule is CCc1ccc(Nc2ncc(C(F)(F)F)c(Nc3ccc(Cl)cc3)n2)cc1. The van der Waals surface area contributed by atoms with Crippen LogP contribution in [0.3, 0.4) is 0 Å². The summed E-state index contributed by atoms with van der Waals surface area (Å²) in [6.07, 6.45) is -2.93. The normalized spacial score (nSPS) is 11.3. The molecule has 0 unspecified atom stereocenters. The van der Waals surface area contributed by atoms with Crippen LogP contribution in [0.1, 0.15) is 18.1 Å². The highest BCUT2D eigenvalue weighted by Gasteiger charge is 2.35. The summed E-state index contributed by atoms with van der Waals surface area (Å²) in [5.74, 6) is -0.281. The lowest BCUT2D eigenvalue weighted by Crippen LogP contribution is -2.12. The summed E-state index contributed by atoms with van der Waals surface area (Å²) in [5, 5.41) is 6.08. The summed E-state index contributed by atoms with van der Waals surface area (Å²) in [4.78, 5) is 7.80. The maximum atomic E-state index is 13.3. The average molecular weight is 393 g/mol. The molecule has 2 N–H and O–H groups in total. The fourth-order valence-corrected chi connectivity index (χ4v) is 2.49. The molecular formula is C19H16ClF3N4. The summed E-state index contributed by atoms with van der Waals surface area (Å²) in [5.41, 5.74) is 1.31. The quantitative estimate of drug-likeness (QED) is 0.543. The molecule has 0 aliphatic heterocycles. The molecule has 2 aromatic carbocycles. The lowest BCUT2D eigenvalue weighted by Gasteiger charge is -2.15. The molecule has 0 atom stereocenters. The van der Waals surface area contributed by atoms with E-state index >= 15 is 0 Å². The Morgan fingerprint density at radius 3 is 2.11 bits per heavy atom. The van der Waals surface area contributed by atoms with Crippen molar-refractivity contribution in [1.82, 2.24) is 9.97 Å². The number of hydrogen-bond donors (Lipinski definition) is 2. The van der Waals surface area contributed by atoms with Gasteiger partial charge in [0, 0.05) is 22.6 Å². The van der Waals surface area contributed by atoms with E-state index in [0.29, 0.717) is 16.4 Å². The molecule has 0 spiro atoms. The van der Waals surface area contributed by atoms with Crippen molar-refractivity contribution < 1.29 is 13.2 Å². The zero-order valence-electron chi connectivity index (χ0n) is 14.3. The predicted octanol–water partition coefficient (Wildman–Crippen LogP) is 6.20. The molecule has 27 heavy (non-hydrogen) atoms. The van der Waals surface area contributed by atoms with E-state index in [1.165, 1.54) is 0 Å². The molecule has 0 saturated heterocycles. The lowest BCUT2D eigenvalue weighted by molar-refractivity contribution is -0.137. The van der Waals surface area contributed by atoms with Crippen LogP contribution in [-0.4, -0.2) is 9.97 Å². The Kier molecular flexibility index (Phi) is 5.51. The molecule has 4 nitrogen and oxygen atoms in total. The number of hydrogen-bond acceptors (Lipinski definition) is 4. The minimum atomic E-state index is -4.59. The van der Waals surface area contributed by atoms with Gasteiger partial charge in [0.05, 0.1) is 0 Å². The number of nitrogens with zero attached hydrogens (tertiary/aromatic N) is 2. The van der Waals surface area contributed by atoms with E-state index < -0.39 is 11.7 Å². The van der Waals surface area contributed by atoms with Crippen molar-refractivity contribution in [1.29, 1.82) is 0 Å². The molecular weight excluding hydrogens is 377 g/mol. The number of aryl methyl sites for hydroxylation is 1. The summed E-state index contributed by atoms with van der Waals surface area (Å²) in [7, 11) is 0. The van der Waals surface area contributed by atoms with E-state index in [1.54, 1.807) is 24.3 Å². The zero-order chi connectivity index (χ0) is 19.4. The molecule has 8 heteroatoms. The van der Waals surface area contributed by atoms with Crippen molar-refractivity contribution in [2.45, 2.75) is 19.5 Å². The standard InChI is InChI=1S/C19H16ClF3N4/c1-2-12-3-7-15(8-4-12)26-18-24-11-16(19(21,22)23)17(27-18)25-14-9-5-13(20)6-10-14/h3-11H,2H2,1H3,(H2,24,25,26,27). The molecule has 0 aliphatic carbocycles. The minimum Gasteiger partial charge on any atom is -0.340 e. The molecule has 3 aromatic rings. The van der Waals surface area contributed by atoms with Crippen LogP contribution in [0, 0.1) is 0 Å². The van der Waals surface area contributed by atoms with Crippen LogP contribution in [0.5, 0.6) is 0 Å². The molecule has 0 aliphatic rings. The first-order valence-electron chi connectivity index (χ1n) is 8.18. The number of anilines is 4. The Balaban J connectivity index is 1.90. The molecule has 0 saturated carbocycles. The Morgan fingerprint density at radius 2 is 1.52 bits per heavy atom. The maximum absolute atomic E-state index is 13.3. The Labute approximate surface area is 159 Å². The van der Waals surface area contributed by atoms with Crippen molar-refractivity contribution >= 4 is 34.7 Å². The van der Waals surface area contributed by atoms with Crippen LogP contribution in [0.4, 0.5) is 36.3 Å². The highest BCUT2D eigenvalue weighted by Crippen LogP contribution is 2.35. The number of alkyl halides is 3. The lowest BCUT2D eigenvalue weighted by atomic mass is 10.1. The van der Waals surface area contributed by atoms with Gasteiger partial charge in [0.25, 0.3) is 0 Å². The van der Waals surface area contributed by atoms with E-state index in [4.69, 9.17) is 11.6 Å². The van der Waals surface area contributed by atoms with Gasteiger partial charge in [-0.3, -0.25) is 0 Å². The maximum Gasteiger partial charge on any atom is 0.421 e. The number of benzene rings is 2. The fraction of sp³-hybridized carbons (Fsp3) is 0.158. The second-order valence-corrected chi connectivity index (χ2v) is 6.20. The number of halogens is 4. The molecule has 1 aromatic heterocycles. The first-order chi connectivity index (χ1) is 12.8. The van der Waals surface area contributed by atoms with Gasteiger partial charge in [0.15, 0.2) is 0 Å². The van der Waals surface area contributed by atoms with Gasteiger partial charge >= 0.3 is 6.18 Å².